The average Bonchev–Trinajstić information content (AvgIpc) is 2.98. The van der Waals surface area contributed by atoms with Gasteiger partial charge in [0.15, 0.2) is 5.69 Å². The lowest BCUT2D eigenvalue weighted by Crippen LogP contribution is -2.25. The molecular formula is C15H17ClF2N4O2. The first-order chi connectivity index (χ1) is 11.1. The van der Waals surface area contributed by atoms with Crippen LogP contribution in [0, 0.1) is 0 Å². The third-order valence-electron chi connectivity index (χ3n) is 3.52. The molecule has 6 nitrogen and oxygen atoms in total. The van der Waals surface area contributed by atoms with Gasteiger partial charge in [-0.05, 0) is 12.1 Å². The van der Waals surface area contributed by atoms with Crippen LogP contribution in [-0.4, -0.2) is 35.7 Å². The Hall–Kier alpha value is -2.19. The van der Waals surface area contributed by atoms with Crippen molar-refractivity contribution in [3.8, 4) is 5.75 Å². The van der Waals surface area contributed by atoms with Gasteiger partial charge < -0.3 is 15.4 Å². The maximum Gasteiger partial charge on any atom is 0.276 e. The van der Waals surface area contributed by atoms with Crippen molar-refractivity contribution in [3.63, 3.8) is 0 Å². The van der Waals surface area contributed by atoms with Crippen molar-refractivity contribution >= 4 is 24.0 Å². The third-order valence-corrected chi connectivity index (χ3v) is 3.52. The fourth-order valence-electron chi connectivity index (χ4n) is 2.44. The maximum absolute atomic E-state index is 12.4. The summed E-state index contributed by atoms with van der Waals surface area (Å²) in [6.07, 6.45) is -1.80. The number of hydrogen-bond acceptors (Lipinski definition) is 4. The van der Waals surface area contributed by atoms with E-state index in [1.165, 1.54) is 6.07 Å². The number of hydrogen-bond donors (Lipinski definition) is 3. The molecule has 0 bridgehead atoms. The van der Waals surface area contributed by atoms with Crippen LogP contribution in [0.15, 0.2) is 24.3 Å². The SMILES string of the molecule is Cl.O=C(Nc1ccccc1OCC(F)F)c1n[nH]c2c1CNCC2. The molecule has 1 aliphatic heterocycles. The fraction of sp³-hybridized carbons (Fsp3) is 0.333. The Balaban J connectivity index is 0.00000208. The number of benzene rings is 1. The molecule has 3 rings (SSSR count). The maximum atomic E-state index is 12.4. The number of aromatic nitrogens is 2. The Bertz CT molecular complexity index is 709. The second kappa shape index (κ2) is 8.07. The van der Waals surface area contributed by atoms with Gasteiger partial charge in [-0.2, -0.15) is 5.10 Å². The molecule has 0 aliphatic carbocycles. The van der Waals surface area contributed by atoms with Crippen LogP contribution < -0.4 is 15.4 Å². The van der Waals surface area contributed by atoms with E-state index < -0.39 is 18.9 Å². The average molecular weight is 359 g/mol. The molecule has 0 radical (unpaired) electrons. The lowest BCUT2D eigenvalue weighted by atomic mass is 10.1. The molecule has 1 aromatic heterocycles. The van der Waals surface area contributed by atoms with Gasteiger partial charge in [0.05, 0.1) is 5.69 Å². The van der Waals surface area contributed by atoms with Crippen molar-refractivity contribution in [2.45, 2.75) is 19.4 Å². The monoisotopic (exact) mass is 358 g/mol. The summed E-state index contributed by atoms with van der Waals surface area (Å²) in [7, 11) is 0. The van der Waals surface area contributed by atoms with E-state index in [0.29, 0.717) is 17.9 Å². The molecule has 24 heavy (non-hydrogen) atoms. The van der Waals surface area contributed by atoms with Crippen LogP contribution in [0.5, 0.6) is 5.75 Å². The Morgan fingerprint density at radius 3 is 2.96 bits per heavy atom. The quantitative estimate of drug-likeness (QED) is 0.766. The largest absolute Gasteiger partial charge is 0.485 e. The van der Waals surface area contributed by atoms with Crippen molar-refractivity contribution in [1.82, 2.24) is 15.5 Å². The number of aromatic amines is 1. The zero-order valence-corrected chi connectivity index (χ0v) is 13.5. The summed E-state index contributed by atoms with van der Waals surface area (Å²) in [4.78, 5) is 12.4. The molecule has 9 heteroatoms. The zero-order chi connectivity index (χ0) is 16.2. The molecule has 3 N–H and O–H groups in total. The summed E-state index contributed by atoms with van der Waals surface area (Å²) >= 11 is 0. The van der Waals surface area contributed by atoms with Gasteiger partial charge >= 0.3 is 0 Å². The van der Waals surface area contributed by atoms with Crippen LogP contribution in [0.1, 0.15) is 21.7 Å². The smallest absolute Gasteiger partial charge is 0.276 e. The predicted molar refractivity (Wildman–Crippen MR) is 87.1 cm³/mol. The van der Waals surface area contributed by atoms with E-state index in [0.717, 1.165) is 24.2 Å². The topological polar surface area (TPSA) is 79.0 Å². The first-order valence-electron chi connectivity index (χ1n) is 7.23. The van der Waals surface area contributed by atoms with Gasteiger partial charge in [0.25, 0.3) is 12.3 Å². The summed E-state index contributed by atoms with van der Waals surface area (Å²) in [5, 5.41) is 12.8. The minimum absolute atomic E-state index is 0. The molecule has 0 unspecified atom stereocenters. The Labute approximate surface area is 143 Å². The van der Waals surface area contributed by atoms with Gasteiger partial charge in [0, 0.05) is 30.8 Å². The number of para-hydroxylation sites is 2. The van der Waals surface area contributed by atoms with Gasteiger partial charge in [-0.15, -0.1) is 12.4 Å². The van der Waals surface area contributed by atoms with E-state index >= 15 is 0 Å². The van der Waals surface area contributed by atoms with E-state index in [2.05, 4.69) is 20.8 Å². The molecule has 1 aliphatic rings. The number of rotatable bonds is 5. The number of carbonyl (C=O) groups excluding carboxylic acids is 1. The van der Waals surface area contributed by atoms with Gasteiger partial charge in [-0.25, -0.2) is 8.78 Å². The van der Waals surface area contributed by atoms with Crippen LogP contribution in [0.4, 0.5) is 14.5 Å². The number of alkyl halides is 2. The molecular weight excluding hydrogens is 342 g/mol. The standard InChI is InChI=1S/C15H16F2N4O2.ClH/c16-13(17)8-23-12-4-2-1-3-11(12)19-15(22)14-9-7-18-6-5-10(9)20-21-14;/h1-4,13,18H,5-8H2,(H,19,22)(H,20,21);1H. The van der Waals surface area contributed by atoms with Crippen molar-refractivity contribution in [2.24, 2.45) is 0 Å². The number of halogens is 3. The van der Waals surface area contributed by atoms with Crippen molar-refractivity contribution in [2.75, 3.05) is 18.5 Å². The van der Waals surface area contributed by atoms with Crippen molar-refractivity contribution in [3.05, 3.63) is 41.2 Å². The molecule has 1 aromatic carbocycles. The highest BCUT2D eigenvalue weighted by Crippen LogP contribution is 2.25. The fourth-order valence-corrected chi connectivity index (χ4v) is 2.44. The number of carbonyl (C=O) groups is 1. The molecule has 130 valence electrons. The molecule has 0 saturated heterocycles. The molecule has 0 atom stereocenters. The number of nitrogens with zero attached hydrogens (tertiary/aromatic N) is 1. The molecule has 2 aromatic rings. The van der Waals surface area contributed by atoms with Crippen LogP contribution in [0.3, 0.4) is 0 Å². The molecule has 0 spiro atoms. The molecule has 0 saturated carbocycles. The Kier molecular flexibility index (Phi) is 6.10. The number of anilines is 1. The lowest BCUT2D eigenvalue weighted by Gasteiger charge is -2.14. The normalized spacial score (nSPS) is 13.1. The first-order valence-corrected chi connectivity index (χ1v) is 7.23. The number of nitrogens with one attached hydrogen (secondary N) is 3. The van der Waals surface area contributed by atoms with Crippen LogP contribution in [0.25, 0.3) is 0 Å². The Morgan fingerprint density at radius 1 is 1.38 bits per heavy atom. The summed E-state index contributed by atoms with van der Waals surface area (Å²) in [5.74, 6) is -0.206. The highest BCUT2D eigenvalue weighted by Gasteiger charge is 2.22. The van der Waals surface area contributed by atoms with Gasteiger partial charge in [-0.1, -0.05) is 12.1 Å². The minimum atomic E-state index is -2.58. The van der Waals surface area contributed by atoms with E-state index in [1.807, 2.05) is 0 Å². The Morgan fingerprint density at radius 2 is 2.17 bits per heavy atom. The number of H-pyrrole nitrogens is 1. The number of ether oxygens (including phenoxy) is 1. The zero-order valence-electron chi connectivity index (χ0n) is 12.6. The van der Waals surface area contributed by atoms with Gasteiger partial charge in [0.2, 0.25) is 0 Å². The summed E-state index contributed by atoms with van der Waals surface area (Å²) in [6.45, 7) is 0.674. The van der Waals surface area contributed by atoms with Crippen molar-refractivity contribution in [1.29, 1.82) is 0 Å². The molecule has 2 heterocycles. The first kappa shape index (κ1) is 18.2. The molecule has 1 amide bonds. The van der Waals surface area contributed by atoms with Crippen LogP contribution >= 0.6 is 12.4 Å². The summed E-state index contributed by atoms with van der Waals surface area (Å²) in [6, 6.07) is 6.46. The van der Waals surface area contributed by atoms with E-state index in [9.17, 15) is 13.6 Å². The van der Waals surface area contributed by atoms with Gasteiger partial charge in [0.1, 0.15) is 12.4 Å². The van der Waals surface area contributed by atoms with Crippen molar-refractivity contribution < 1.29 is 18.3 Å². The van der Waals surface area contributed by atoms with Gasteiger partial charge in [-0.3, -0.25) is 9.89 Å². The molecule has 0 fully saturated rings. The second-order valence-electron chi connectivity index (χ2n) is 5.11. The lowest BCUT2D eigenvalue weighted by molar-refractivity contribution is 0.0822. The highest BCUT2D eigenvalue weighted by atomic mass is 35.5. The van der Waals surface area contributed by atoms with Crippen LogP contribution in [-0.2, 0) is 13.0 Å². The van der Waals surface area contributed by atoms with E-state index in [4.69, 9.17) is 4.74 Å². The van der Waals surface area contributed by atoms with E-state index in [-0.39, 0.29) is 18.2 Å². The number of fused-ring (bicyclic) bond motifs is 1. The second-order valence-corrected chi connectivity index (χ2v) is 5.11. The third kappa shape index (κ3) is 4.01. The minimum Gasteiger partial charge on any atom is -0.485 e. The highest BCUT2D eigenvalue weighted by molar-refractivity contribution is 6.04. The summed E-state index contributed by atoms with van der Waals surface area (Å²) < 4.78 is 29.6. The predicted octanol–water partition coefficient (Wildman–Crippen LogP) is 2.37. The summed E-state index contributed by atoms with van der Waals surface area (Å²) in [5.41, 5.74) is 2.41. The van der Waals surface area contributed by atoms with E-state index in [1.54, 1.807) is 18.2 Å². The number of amides is 1. The van der Waals surface area contributed by atoms with Crippen LogP contribution in [0.2, 0.25) is 0 Å².